The van der Waals surface area contributed by atoms with Crippen molar-refractivity contribution in [3.8, 4) is 0 Å². The SMILES string of the molecule is CS(=O)(=O)c1ccc(Cl)c(S(=O)(=O)[O-])c1.[Na+]. The molecule has 0 amide bonds. The topological polar surface area (TPSA) is 91.3 Å². The molecule has 0 aliphatic rings. The van der Waals surface area contributed by atoms with Gasteiger partial charge < -0.3 is 4.55 Å². The summed E-state index contributed by atoms with van der Waals surface area (Å²) in [7, 11) is -8.33. The van der Waals surface area contributed by atoms with Crippen molar-refractivity contribution >= 4 is 31.6 Å². The van der Waals surface area contributed by atoms with Crippen LogP contribution in [0.2, 0.25) is 5.02 Å². The Labute approximate surface area is 121 Å². The van der Waals surface area contributed by atoms with Crippen molar-refractivity contribution in [2.24, 2.45) is 0 Å². The summed E-state index contributed by atoms with van der Waals surface area (Å²) in [6.07, 6.45) is 0.900. The van der Waals surface area contributed by atoms with Gasteiger partial charge in [0, 0.05) is 6.26 Å². The zero-order valence-electron chi connectivity index (χ0n) is 8.47. The molecule has 0 atom stereocenters. The van der Waals surface area contributed by atoms with Crippen LogP contribution in [0.4, 0.5) is 0 Å². The third kappa shape index (κ3) is 3.99. The second kappa shape index (κ2) is 5.34. The second-order valence-corrected chi connectivity index (χ2v) is 6.59. The van der Waals surface area contributed by atoms with Gasteiger partial charge in [-0.05, 0) is 18.2 Å². The molecule has 0 aromatic heterocycles. The largest absolute Gasteiger partial charge is 1.00 e. The van der Waals surface area contributed by atoms with Crippen molar-refractivity contribution in [1.82, 2.24) is 0 Å². The Morgan fingerprint density at radius 1 is 1.19 bits per heavy atom. The molecule has 0 fully saturated rings. The summed E-state index contributed by atoms with van der Waals surface area (Å²) in [4.78, 5) is -0.992. The van der Waals surface area contributed by atoms with E-state index in [0.29, 0.717) is 0 Å². The summed E-state index contributed by atoms with van der Waals surface area (Å²) in [5, 5.41) is -0.294. The van der Waals surface area contributed by atoms with Crippen LogP contribution in [0.15, 0.2) is 28.0 Å². The van der Waals surface area contributed by atoms with Gasteiger partial charge in [0.15, 0.2) is 9.84 Å². The molecule has 0 bridgehead atoms. The zero-order valence-corrected chi connectivity index (χ0v) is 12.9. The maximum Gasteiger partial charge on any atom is 1.00 e. The van der Waals surface area contributed by atoms with E-state index in [1.807, 2.05) is 0 Å². The van der Waals surface area contributed by atoms with Crippen LogP contribution in [0.3, 0.4) is 0 Å². The predicted octanol–water partition coefficient (Wildman–Crippen LogP) is -2.35. The van der Waals surface area contributed by atoms with E-state index >= 15 is 0 Å². The minimum Gasteiger partial charge on any atom is -0.744 e. The molecule has 0 saturated heterocycles. The van der Waals surface area contributed by atoms with Crippen LogP contribution >= 0.6 is 11.6 Å². The molecule has 0 saturated carbocycles. The van der Waals surface area contributed by atoms with Crippen LogP contribution in [0.1, 0.15) is 0 Å². The maximum absolute atomic E-state index is 11.1. The molecule has 0 aliphatic carbocycles. The van der Waals surface area contributed by atoms with Crippen molar-refractivity contribution < 1.29 is 50.9 Å². The minimum absolute atomic E-state index is 0. The first-order valence-corrected chi connectivity index (χ1v) is 7.25. The molecule has 5 nitrogen and oxygen atoms in total. The van der Waals surface area contributed by atoms with E-state index in [0.717, 1.165) is 24.5 Å². The monoisotopic (exact) mass is 292 g/mol. The molecule has 0 unspecified atom stereocenters. The van der Waals surface area contributed by atoms with Crippen LogP contribution in [0.25, 0.3) is 0 Å². The molecule has 0 radical (unpaired) electrons. The quantitative estimate of drug-likeness (QED) is 0.450. The molecule has 9 heteroatoms. The Morgan fingerprint density at radius 3 is 2.06 bits per heavy atom. The Bertz CT molecular complexity index is 593. The molecule has 0 heterocycles. The fourth-order valence-corrected chi connectivity index (χ4v) is 2.61. The number of hydrogen-bond donors (Lipinski definition) is 0. The zero-order chi connectivity index (χ0) is 11.9. The van der Waals surface area contributed by atoms with Crippen LogP contribution in [0.5, 0.6) is 0 Å². The fraction of sp³-hybridized carbons (Fsp3) is 0.143. The van der Waals surface area contributed by atoms with Gasteiger partial charge >= 0.3 is 29.6 Å². The van der Waals surface area contributed by atoms with E-state index in [-0.39, 0.29) is 39.5 Å². The second-order valence-electron chi connectivity index (χ2n) is 2.82. The van der Waals surface area contributed by atoms with Crippen LogP contribution < -0.4 is 29.6 Å². The van der Waals surface area contributed by atoms with Gasteiger partial charge in [-0.25, -0.2) is 16.8 Å². The molecule has 1 aromatic rings. The van der Waals surface area contributed by atoms with E-state index in [1.165, 1.54) is 0 Å². The summed E-state index contributed by atoms with van der Waals surface area (Å²) in [6.45, 7) is 0. The molecule has 84 valence electrons. The Hall–Kier alpha value is 0.370. The van der Waals surface area contributed by atoms with Gasteiger partial charge in [0.25, 0.3) is 0 Å². The predicted molar refractivity (Wildman–Crippen MR) is 52.5 cm³/mol. The van der Waals surface area contributed by atoms with Crippen LogP contribution in [-0.2, 0) is 20.0 Å². The maximum atomic E-state index is 11.1. The number of sulfone groups is 1. The summed E-state index contributed by atoms with van der Waals surface area (Å²) in [5.74, 6) is 0. The smallest absolute Gasteiger partial charge is 0.744 e. The van der Waals surface area contributed by atoms with Crippen molar-refractivity contribution in [2.45, 2.75) is 9.79 Å². The van der Waals surface area contributed by atoms with E-state index < -0.39 is 24.9 Å². The first kappa shape index (κ1) is 16.4. The van der Waals surface area contributed by atoms with Gasteiger partial charge in [-0.1, -0.05) is 11.6 Å². The summed E-state index contributed by atoms with van der Waals surface area (Å²) in [6, 6.07) is 2.94. The van der Waals surface area contributed by atoms with Crippen LogP contribution in [0, 0.1) is 0 Å². The number of benzene rings is 1. The molecule has 1 rings (SSSR count). The molecule has 1 aromatic carbocycles. The van der Waals surface area contributed by atoms with Gasteiger partial charge in [0.2, 0.25) is 0 Å². The molecule has 0 spiro atoms. The third-order valence-corrected chi connectivity index (χ3v) is 4.03. The van der Waals surface area contributed by atoms with E-state index in [4.69, 9.17) is 11.6 Å². The number of halogens is 1. The van der Waals surface area contributed by atoms with E-state index in [9.17, 15) is 21.4 Å². The van der Waals surface area contributed by atoms with Gasteiger partial charge in [-0.15, -0.1) is 0 Å². The van der Waals surface area contributed by atoms with Gasteiger partial charge in [-0.2, -0.15) is 0 Å². The first-order valence-electron chi connectivity index (χ1n) is 3.58. The van der Waals surface area contributed by atoms with Gasteiger partial charge in [0.1, 0.15) is 10.1 Å². The summed E-state index contributed by atoms with van der Waals surface area (Å²) >= 11 is 5.46. The summed E-state index contributed by atoms with van der Waals surface area (Å²) in [5.41, 5.74) is 0. The summed E-state index contributed by atoms with van der Waals surface area (Å²) < 4.78 is 54.3. The van der Waals surface area contributed by atoms with Crippen molar-refractivity contribution in [1.29, 1.82) is 0 Å². The standard InChI is InChI=1S/C7H7ClO5S2.Na/c1-14(9,10)5-2-3-6(8)7(4-5)15(11,12)13;/h2-4H,1H3,(H,11,12,13);/q;+1/p-1. The van der Waals surface area contributed by atoms with Crippen LogP contribution in [-0.4, -0.2) is 27.6 Å². The van der Waals surface area contributed by atoms with E-state index in [2.05, 4.69) is 0 Å². The Kier molecular flexibility index (Phi) is 5.47. The minimum atomic E-state index is -4.76. The van der Waals surface area contributed by atoms with Gasteiger partial charge in [-0.3, -0.25) is 0 Å². The van der Waals surface area contributed by atoms with Gasteiger partial charge in [0.05, 0.1) is 14.8 Å². The third-order valence-electron chi connectivity index (χ3n) is 1.60. The Balaban J connectivity index is 0.00000225. The Morgan fingerprint density at radius 2 is 1.69 bits per heavy atom. The molecular weight excluding hydrogens is 287 g/mol. The average molecular weight is 293 g/mol. The average Bonchev–Trinajstić information content (AvgIpc) is 2.00. The number of rotatable bonds is 2. The van der Waals surface area contributed by atoms with E-state index in [1.54, 1.807) is 0 Å². The molecular formula is C7H6ClNaO5S2. The van der Waals surface area contributed by atoms with Crippen molar-refractivity contribution in [2.75, 3.05) is 6.26 Å². The fourth-order valence-electron chi connectivity index (χ4n) is 0.906. The van der Waals surface area contributed by atoms with Crippen molar-refractivity contribution in [3.05, 3.63) is 23.2 Å². The molecule has 0 aliphatic heterocycles. The van der Waals surface area contributed by atoms with Crippen molar-refractivity contribution in [3.63, 3.8) is 0 Å². The molecule has 0 N–H and O–H groups in total. The normalized spacial score (nSPS) is 11.9. The first-order chi connectivity index (χ1) is 6.62. The molecule has 16 heavy (non-hydrogen) atoms. The number of hydrogen-bond acceptors (Lipinski definition) is 5.